The lowest BCUT2D eigenvalue weighted by molar-refractivity contribution is 0.0616. The van der Waals surface area contributed by atoms with Crippen LogP contribution in [-0.4, -0.2) is 35.3 Å². The number of unbranched alkanes of at least 4 members (excludes halogenated alkanes) is 16. The van der Waals surface area contributed by atoms with E-state index in [-0.39, 0.29) is 0 Å². The van der Waals surface area contributed by atoms with Crippen LogP contribution in [-0.2, 0) is 9.47 Å². The van der Waals surface area contributed by atoms with Crippen molar-refractivity contribution in [2.75, 3.05) is 35.3 Å². The van der Waals surface area contributed by atoms with Crippen LogP contribution < -0.4 is 0 Å². The molecule has 0 saturated carbocycles. The Bertz CT molecular complexity index is 332. The van der Waals surface area contributed by atoms with E-state index in [0.29, 0.717) is 5.41 Å². The Morgan fingerprint density at radius 2 is 0.818 bits per heavy atom. The fourth-order valence-electron chi connectivity index (χ4n) is 4.27. The summed E-state index contributed by atoms with van der Waals surface area (Å²) in [6.07, 6.45) is 27.1. The molecule has 0 atom stereocenters. The molecule has 0 amide bonds. The number of hydrogen-bond acceptors (Lipinski definition) is 2. The molecule has 2 nitrogen and oxygen atoms in total. The monoisotopic (exact) mass is 692 g/mol. The van der Waals surface area contributed by atoms with Crippen molar-refractivity contribution < 1.29 is 9.47 Å². The van der Waals surface area contributed by atoms with Gasteiger partial charge in [0.15, 0.2) is 0 Å². The first-order valence-corrected chi connectivity index (χ1v) is 17.6. The minimum atomic E-state index is 0.390. The normalized spacial score (nSPS) is 12.0. The second-order valence-corrected chi connectivity index (χ2v) is 11.7. The van der Waals surface area contributed by atoms with Gasteiger partial charge in [-0.25, -0.2) is 0 Å². The molecule has 0 rings (SSSR count). The summed E-state index contributed by atoms with van der Waals surface area (Å²) in [6.45, 7) is 8.41. The predicted octanol–water partition coefficient (Wildman–Crippen LogP) is 10.7. The molecule has 0 N–H and O–H groups in total. The third-order valence-electron chi connectivity index (χ3n) is 6.76. The maximum atomic E-state index is 6.18. The number of alkyl halides is 2. The summed E-state index contributed by atoms with van der Waals surface area (Å²) in [5.74, 6) is 0. The van der Waals surface area contributed by atoms with Crippen LogP contribution in [0.3, 0.4) is 0 Å². The molecule has 0 aromatic carbocycles. The Morgan fingerprint density at radius 1 is 0.455 bits per heavy atom. The van der Waals surface area contributed by atoms with Gasteiger partial charge in [0, 0.05) is 34.1 Å². The van der Waals surface area contributed by atoms with Crippen LogP contribution in [0.15, 0.2) is 0 Å². The van der Waals surface area contributed by atoms with Crippen molar-refractivity contribution in [3.8, 4) is 0 Å². The number of rotatable bonds is 28. The van der Waals surface area contributed by atoms with Crippen LogP contribution in [0.5, 0.6) is 0 Å². The highest BCUT2D eigenvalue weighted by molar-refractivity contribution is 14.1. The highest BCUT2D eigenvalue weighted by atomic mass is 127. The quantitative estimate of drug-likeness (QED) is 0.0462. The van der Waals surface area contributed by atoms with Crippen LogP contribution in [0.2, 0.25) is 0 Å². The SMILES string of the molecule is CCCCCCCCCCCCOCC(CI)(CI)CCCCCCCOCCCCCC. The molecule has 0 fully saturated rings. The standard InChI is InChI=1S/C29H58I2O2/c1-3-5-7-9-10-11-12-13-16-21-25-33-28-29(26-30,27-31)22-18-15-14-17-20-24-32-23-19-8-6-4-2/h3-28H2,1-2H3. The minimum absolute atomic E-state index is 0.390. The predicted molar refractivity (Wildman–Crippen MR) is 166 cm³/mol. The summed E-state index contributed by atoms with van der Waals surface area (Å²) >= 11 is 5.18. The first-order chi connectivity index (χ1) is 16.2. The third-order valence-corrected chi connectivity index (χ3v) is 9.99. The molecule has 0 aliphatic rings. The van der Waals surface area contributed by atoms with Gasteiger partial charge in [-0.3, -0.25) is 0 Å². The van der Waals surface area contributed by atoms with Gasteiger partial charge in [0.05, 0.1) is 6.61 Å². The van der Waals surface area contributed by atoms with Gasteiger partial charge in [0.1, 0.15) is 0 Å². The van der Waals surface area contributed by atoms with Crippen molar-refractivity contribution in [3.63, 3.8) is 0 Å². The van der Waals surface area contributed by atoms with Gasteiger partial charge >= 0.3 is 0 Å². The zero-order valence-corrected chi connectivity index (χ0v) is 26.8. The second-order valence-electron chi connectivity index (χ2n) is 10.2. The topological polar surface area (TPSA) is 18.5 Å². The lowest BCUT2D eigenvalue weighted by atomic mass is 9.87. The van der Waals surface area contributed by atoms with Crippen molar-refractivity contribution in [2.24, 2.45) is 5.41 Å². The van der Waals surface area contributed by atoms with Crippen LogP contribution in [0.25, 0.3) is 0 Å². The van der Waals surface area contributed by atoms with Gasteiger partial charge in [-0.15, -0.1) is 0 Å². The summed E-state index contributed by atoms with van der Waals surface area (Å²) in [6, 6.07) is 0. The van der Waals surface area contributed by atoms with Gasteiger partial charge in [-0.1, -0.05) is 162 Å². The molecule has 0 spiro atoms. The van der Waals surface area contributed by atoms with Gasteiger partial charge in [-0.05, 0) is 25.7 Å². The summed E-state index contributed by atoms with van der Waals surface area (Å²) in [4.78, 5) is 0. The maximum absolute atomic E-state index is 6.18. The van der Waals surface area contributed by atoms with E-state index in [9.17, 15) is 0 Å². The fraction of sp³-hybridized carbons (Fsp3) is 1.00. The molecule has 200 valence electrons. The molecule has 0 radical (unpaired) electrons. The molecule has 4 heteroatoms. The van der Waals surface area contributed by atoms with Crippen molar-refractivity contribution in [1.82, 2.24) is 0 Å². The molecule has 0 aromatic heterocycles. The molecular formula is C29H58I2O2. The van der Waals surface area contributed by atoms with E-state index in [1.54, 1.807) is 0 Å². The van der Waals surface area contributed by atoms with Crippen molar-refractivity contribution in [3.05, 3.63) is 0 Å². The summed E-state index contributed by atoms with van der Waals surface area (Å²) in [5, 5.41) is 0. The third kappa shape index (κ3) is 23.5. The number of ether oxygens (including phenoxy) is 2. The van der Waals surface area contributed by atoms with Crippen molar-refractivity contribution >= 4 is 45.2 Å². The van der Waals surface area contributed by atoms with E-state index < -0.39 is 0 Å². The maximum Gasteiger partial charge on any atom is 0.0537 e. The highest BCUT2D eigenvalue weighted by Crippen LogP contribution is 2.31. The second kappa shape index (κ2) is 28.0. The molecule has 0 aliphatic carbocycles. The molecule has 0 bridgehead atoms. The molecular weight excluding hydrogens is 634 g/mol. The minimum Gasteiger partial charge on any atom is -0.381 e. The average molecular weight is 693 g/mol. The Balaban J connectivity index is 3.58. The Labute approximate surface area is 236 Å². The average Bonchev–Trinajstić information content (AvgIpc) is 2.84. The smallest absolute Gasteiger partial charge is 0.0537 e. The highest BCUT2D eigenvalue weighted by Gasteiger charge is 2.27. The van der Waals surface area contributed by atoms with Crippen LogP contribution in [0.1, 0.15) is 142 Å². The Hall–Kier alpha value is 1.38. The van der Waals surface area contributed by atoms with E-state index in [1.165, 1.54) is 137 Å². The van der Waals surface area contributed by atoms with Crippen molar-refractivity contribution in [2.45, 2.75) is 142 Å². The first kappa shape index (κ1) is 34.4. The Kier molecular flexibility index (Phi) is 29.1. The van der Waals surface area contributed by atoms with Crippen LogP contribution in [0.4, 0.5) is 0 Å². The molecule has 0 saturated heterocycles. The summed E-state index contributed by atoms with van der Waals surface area (Å²) in [5.41, 5.74) is 0.390. The fourth-order valence-corrected chi connectivity index (χ4v) is 7.04. The molecule has 0 aliphatic heterocycles. The lowest BCUT2D eigenvalue weighted by Gasteiger charge is -2.30. The van der Waals surface area contributed by atoms with E-state index in [0.717, 1.165) is 26.4 Å². The van der Waals surface area contributed by atoms with E-state index in [2.05, 4.69) is 59.0 Å². The van der Waals surface area contributed by atoms with Crippen molar-refractivity contribution in [1.29, 1.82) is 0 Å². The number of hydrogen-bond donors (Lipinski definition) is 0. The lowest BCUT2D eigenvalue weighted by Crippen LogP contribution is -2.31. The zero-order chi connectivity index (χ0) is 24.3. The summed E-state index contributed by atoms with van der Waals surface area (Å²) < 4.78 is 14.4. The molecule has 0 heterocycles. The first-order valence-electron chi connectivity index (χ1n) is 14.5. The molecule has 33 heavy (non-hydrogen) atoms. The van der Waals surface area contributed by atoms with E-state index >= 15 is 0 Å². The van der Waals surface area contributed by atoms with Crippen LogP contribution >= 0.6 is 45.2 Å². The van der Waals surface area contributed by atoms with Gasteiger partial charge < -0.3 is 9.47 Å². The molecule has 0 aromatic rings. The number of halogens is 2. The zero-order valence-electron chi connectivity index (χ0n) is 22.5. The van der Waals surface area contributed by atoms with Gasteiger partial charge in [0.2, 0.25) is 0 Å². The summed E-state index contributed by atoms with van der Waals surface area (Å²) in [7, 11) is 0. The van der Waals surface area contributed by atoms with E-state index in [4.69, 9.17) is 9.47 Å². The van der Waals surface area contributed by atoms with Gasteiger partial charge in [0.25, 0.3) is 0 Å². The van der Waals surface area contributed by atoms with E-state index in [1.807, 2.05) is 0 Å². The molecule has 0 unspecified atom stereocenters. The van der Waals surface area contributed by atoms with Crippen LogP contribution in [0, 0.1) is 5.41 Å². The Morgan fingerprint density at radius 3 is 1.27 bits per heavy atom. The largest absolute Gasteiger partial charge is 0.381 e. The van der Waals surface area contributed by atoms with Gasteiger partial charge in [-0.2, -0.15) is 0 Å².